The summed E-state index contributed by atoms with van der Waals surface area (Å²) in [5, 5.41) is 0. The second kappa shape index (κ2) is 12.4. The molecule has 1 nitrogen and oxygen atoms in total. The van der Waals surface area contributed by atoms with Gasteiger partial charge in [-0.05, 0) is 25.7 Å². The molecule has 0 saturated carbocycles. The minimum absolute atomic E-state index is 0.348. The molecule has 0 aliphatic carbocycles. The van der Waals surface area contributed by atoms with Crippen molar-refractivity contribution in [3.05, 3.63) is 0 Å². The van der Waals surface area contributed by atoms with Crippen LogP contribution in [0.5, 0.6) is 0 Å². The third-order valence-electron chi connectivity index (χ3n) is 6.54. The molecule has 0 bridgehead atoms. The van der Waals surface area contributed by atoms with Crippen LogP contribution in [0, 0.1) is 0 Å². The van der Waals surface area contributed by atoms with Crippen LogP contribution in [0.1, 0.15) is 54.9 Å². The van der Waals surface area contributed by atoms with Gasteiger partial charge in [-0.2, -0.15) is 0 Å². The maximum atomic E-state index is 5.92. The van der Waals surface area contributed by atoms with E-state index in [-0.39, 0.29) is 0 Å². The summed E-state index contributed by atoms with van der Waals surface area (Å²) in [6.07, 6.45) is 3.08. The second-order valence-corrected chi connectivity index (χ2v) is 30.4. The van der Waals surface area contributed by atoms with Gasteiger partial charge in [-0.25, -0.2) is 0 Å². The molecule has 0 aromatic carbocycles. The minimum atomic E-state index is -1.03. The van der Waals surface area contributed by atoms with E-state index in [1.54, 1.807) is 42.4 Å². The zero-order valence-electron chi connectivity index (χ0n) is 17.5. The Bertz CT molecular complexity index is 257. The summed E-state index contributed by atoms with van der Waals surface area (Å²) in [5.74, 6) is 0. The Labute approximate surface area is 152 Å². The van der Waals surface area contributed by atoms with E-state index in [1.165, 1.54) is 12.5 Å². The van der Waals surface area contributed by atoms with Crippen molar-refractivity contribution >= 4 is 31.5 Å². The summed E-state index contributed by atoms with van der Waals surface area (Å²) < 4.78 is 5.92. The van der Waals surface area contributed by atoms with Crippen molar-refractivity contribution in [3.63, 3.8) is 0 Å². The highest BCUT2D eigenvalue weighted by Gasteiger charge is 2.47. The van der Waals surface area contributed by atoms with Gasteiger partial charge in [0.25, 0.3) is 0 Å². The monoisotopic (exact) mass is 392 g/mol. The van der Waals surface area contributed by atoms with Gasteiger partial charge >= 0.3 is 0 Å². The first-order chi connectivity index (χ1) is 11.0. The van der Waals surface area contributed by atoms with E-state index in [4.69, 9.17) is 4.43 Å². The normalized spacial score (nSPS) is 14.5. The van der Waals surface area contributed by atoms with E-state index in [0.29, 0.717) is 7.02 Å². The molecule has 0 heterocycles. The van der Waals surface area contributed by atoms with Crippen LogP contribution < -0.4 is 0 Å². The van der Waals surface area contributed by atoms with Gasteiger partial charge in [-0.3, -0.25) is 0 Å². The molecule has 140 valence electrons. The summed E-state index contributed by atoms with van der Waals surface area (Å²) in [6, 6.07) is 10.7. The van der Waals surface area contributed by atoms with E-state index in [0.717, 1.165) is 6.61 Å². The highest BCUT2D eigenvalue weighted by Crippen LogP contribution is 2.63. The van der Waals surface area contributed by atoms with Gasteiger partial charge in [0.2, 0.25) is 0 Å². The molecular weight excluding hydrogens is 347 g/mol. The Balaban J connectivity index is 5.29. The highest BCUT2D eigenvalue weighted by molar-refractivity contribution is 8.19. The van der Waals surface area contributed by atoms with E-state index < -0.39 is 24.5 Å². The Morgan fingerprint density at radius 1 is 0.739 bits per heavy atom. The lowest BCUT2D eigenvalue weighted by Crippen LogP contribution is -2.44. The summed E-state index contributed by atoms with van der Waals surface area (Å²) in [5.41, 5.74) is 0. The van der Waals surface area contributed by atoms with Crippen LogP contribution in [0.15, 0.2) is 0 Å². The first-order valence-electron chi connectivity index (χ1n) is 10.3. The lowest BCUT2D eigenvalue weighted by Gasteiger charge is -2.49. The van der Waals surface area contributed by atoms with Crippen molar-refractivity contribution in [2.45, 2.75) is 104 Å². The van der Waals surface area contributed by atoms with Gasteiger partial charge in [-0.1, -0.05) is 84.2 Å². The summed E-state index contributed by atoms with van der Waals surface area (Å²) >= 11 is 0. The molecule has 0 spiro atoms. The molecule has 0 fully saturated rings. The number of rotatable bonds is 14. The van der Waals surface area contributed by atoms with E-state index >= 15 is 0 Å². The maximum Gasteiger partial charge on any atom is 0.173 e. The van der Waals surface area contributed by atoms with Crippen LogP contribution in [-0.4, -0.2) is 37.3 Å². The lowest BCUT2D eigenvalue weighted by molar-refractivity contribution is 0.345. The highest BCUT2D eigenvalue weighted by atomic mass is 31.6. The first-order valence-corrected chi connectivity index (χ1v) is 21.2. The van der Waals surface area contributed by atoms with E-state index in [9.17, 15) is 0 Å². The van der Waals surface area contributed by atoms with E-state index in [2.05, 4.69) is 55.0 Å². The summed E-state index contributed by atoms with van der Waals surface area (Å²) in [7, 11) is -2.60. The zero-order valence-corrected chi connectivity index (χ0v) is 21.6. The largest absolute Gasteiger partial charge is 0.421 e. The van der Waals surface area contributed by atoms with Gasteiger partial charge in [0.15, 0.2) is 9.04 Å². The molecule has 0 radical (unpaired) electrons. The third-order valence-corrected chi connectivity index (χ3v) is 42.1. The number of hydrogen-bond donors (Lipinski definition) is 0. The Kier molecular flexibility index (Phi) is 13.0. The smallest absolute Gasteiger partial charge is 0.173 e. The molecule has 0 aliphatic heterocycles. The van der Waals surface area contributed by atoms with Gasteiger partial charge in [0, 0.05) is 6.61 Å². The lowest BCUT2D eigenvalue weighted by atomic mass is 10.6. The standard InChI is InChI=1S/C18H45OPSi3/c1-9-19-21(8)18-16-17-20(22(10-2,11-3)12-4)23(13-5,14-6)15-7/h21H,9-18H2,1-8H3. The molecule has 23 heavy (non-hydrogen) atoms. The zero-order chi connectivity index (χ0) is 17.9. The Morgan fingerprint density at radius 2 is 1.13 bits per heavy atom. The van der Waals surface area contributed by atoms with Gasteiger partial charge in [0.05, 0.1) is 15.5 Å². The topological polar surface area (TPSA) is 9.23 Å². The summed E-state index contributed by atoms with van der Waals surface area (Å²) in [4.78, 5) is 0. The van der Waals surface area contributed by atoms with Gasteiger partial charge < -0.3 is 4.43 Å². The number of hydrogen-bond acceptors (Lipinski definition) is 1. The molecule has 0 aliphatic rings. The molecule has 0 amide bonds. The predicted molar refractivity (Wildman–Crippen MR) is 120 cm³/mol. The average Bonchev–Trinajstić information content (AvgIpc) is 2.58. The molecule has 1 unspecified atom stereocenters. The quantitative estimate of drug-likeness (QED) is 0.223. The van der Waals surface area contributed by atoms with Crippen LogP contribution in [0.2, 0.25) is 48.9 Å². The molecular formula is C18H45OPSi3. The van der Waals surface area contributed by atoms with Crippen molar-refractivity contribution in [2.75, 3.05) is 12.8 Å². The van der Waals surface area contributed by atoms with Crippen molar-refractivity contribution in [2.24, 2.45) is 0 Å². The van der Waals surface area contributed by atoms with Gasteiger partial charge in [-0.15, -0.1) is 7.02 Å². The molecule has 5 heteroatoms. The SMILES string of the molecule is CCO[SiH](C)CCCP([Si](CC)(CC)CC)[Si](CC)(CC)CC. The van der Waals surface area contributed by atoms with Gasteiger partial charge in [0.1, 0.15) is 0 Å². The van der Waals surface area contributed by atoms with Crippen molar-refractivity contribution in [3.8, 4) is 0 Å². The van der Waals surface area contributed by atoms with E-state index in [1.807, 2.05) is 0 Å². The maximum absolute atomic E-state index is 5.92. The van der Waals surface area contributed by atoms with Crippen LogP contribution in [0.3, 0.4) is 0 Å². The van der Waals surface area contributed by atoms with Crippen LogP contribution >= 0.6 is 7.02 Å². The second-order valence-electron chi connectivity index (χ2n) is 7.13. The minimum Gasteiger partial charge on any atom is -0.421 e. The predicted octanol–water partition coefficient (Wildman–Crippen LogP) is 7.26. The first kappa shape index (κ1) is 24.0. The molecule has 0 aromatic rings. The fourth-order valence-electron chi connectivity index (χ4n) is 4.53. The van der Waals surface area contributed by atoms with Crippen molar-refractivity contribution in [1.29, 1.82) is 0 Å². The Morgan fingerprint density at radius 3 is 1.43 bits per heavy atom. The summed E-state index contributed by atoms with van der Waals surface area (Å²) in [6.45, 7) is 20.7. The van der Waals surface area contributed by atoms with Crippen LogP contribution in [-0.2, 0) is 4.43 Å². The van der Waals surface area contributed by atoms with Crippen molar-refractivity contribution in [1.82, 2.24) is 0 Å². The van der Waals surface area contributed by atoms with Crippen molar-refractivity contribution < 1.29 is 4.43 Å². The molecule has 0 saturated heterocycles. The van der Waals surface area contributed by atoms with Crippen LogP contribution in [0.4, 0.5) is 0 Å². The fourth-order valence-corrected chi connectivity index (χ4v) is 45.4. The molecule has 0 rings (SSSR count). The molecule has 0 aromatic heterocycles. The fraction of sp³-hybridized carbons (Fsp3) is 1.00. The molecule has 1 atom stereocenters. The Hall–Kier alpha value is 1.04. The average molecular weight is 393 g/mol. The third kappa shape index (κ3) is 6.36. The molecule has 0 N–H and O–H groups in total. The van der Waals surface area contributed by atoms with Crippen LogP contribution in [0.25, 0.3) is 0 Å².